The van der Waals surface area contributed by atoms with E-state index in [1.54, 1.807) is 24.3 Å². The van der Waals surface area contributed by atoms with Crippen molar-refractivity contribution in [1.82, 2.24) is 10.2 Å². The zero-order valence-electron chi connectivity index (χ0n) is 24.7. The van der Waals surface area contributed by atoms with Gasteiger partial charge in [0.2, 0.25) is 5.82 Å². The Hall–Kier alpha value is -3.46. The lowest BCUT2D eigenvalue weighted by Crippen LogP contribution is -2.48. The van der Waals surface area contributed by atoms with Crippen LogP contribution in [-0.4, -0.2) is 60.7 Å². The number of piperidine rings is 1. The fourth-order valence-electron chi connectivity index (χ4n) is 6.05. The van der Waals surface area contributed by atoms with E-state index >= 15 is 0 Å². The number of aliphatic hydroxyl groups is 1. The molecule has 13 heteroatoms. The van der Waals surface area contributed by atoms with E-state index in [9.17, 15) is 31.9 Å². The smallest absolute Gasteiger partial charge is 0.257 e. The van der Waals surface area contributed by atoms with Crippen LogP contribution in [0.3, 0.4) is 0 Å². The largest absolute Gasteiger partial charge is 0.392 e. The molecule has 3 aliphatic rings. The number of hydrogen-bond acceptors (Lipinski definition) is 7. The number of nitrogens with one attached hydrogen (secondary N) is 1. The lowest BCUT2D eigenvalue weighted by molar-refractivity contribution is -0.255. The molecule has 3 atom stereocenters. The van der Waals surface area contributed by atoms with Crippen molar-refractivity contribution in [3.05, 3.63) is 105 Å². The van der Waals surface area contributed by atoms with Crippen LogP contribution in [0.4, 0.5) is 22.0 Å². The molecule has 0 aromatic heterocycles. The summed E-state index contributed by atoms with van der Waals surface area (Å²) in [6.07, 6.45) is 0.930. The Labute approximate surface area is 262 Å². The number of carbonyl (C=O) groups excluding carboxylic acids is 1. The van der Waals surface area contributed by atoms with Crippen LogP contribution >= 0.6 is 0 Å². The zero-order chi connectivity index (χ0) is 32.4. The minimum atomic E-state index is -2.33. The molecule has 3 aromatic rings. The minimum absolute atomic E-state index is 0.0710. The number of hydrogen-bond donors (Lipinski definition) is 2. The predicted molar refractivity (Wildman–Crippen MR) is 153 cm³/mol. The number of ether oxygens (including phenoxy) is 4. The van der Waals surface area contributed by atoms with Crippen LogP contribution in [0.2, 0.25) is 0 Å². The Morgan fingerprint density at radius 3 is 1.98 bits per heavy atom. The Morgan fingerprint density at radius 2 is 1.37 bits per heavy atom. The van der Waals surface area contributed by atoms with Gasteiger partial charge in [0.1, 0.15) is 5.56 Å². The normalized spacial score (nSPS) is 23.1. The van der Waals surface area contributed by atoms with Crippen molar-refractivity contribution in [3.63, 3.8) is 0 Å². The SMILES string of the molecule is O=C(NCc1ccc([C@@H]2O[C@H](CN3CCC4(CC3)OCCO4)C[C@H](c3ccc(CO)cc3)O2)cc1)c1c(F)c(F)c(F)c(F)c1F. The lowest BCUT2D eigenvalue weighted by Gasteiger charge is -2.41. The average Bonchev–Trinajstić information content (AvgIpc) is 3.54. The Bertz CT molecular complexity index is 1510. The maximum absolute atomic E-state index is 14.0. The van der Waals surface area contributed by atoms with Gasteiger partial charge in [-0.15, -0.1) is 0 Å². The number of amides is 1. The maximum atomic E-state index is 14.0. The molecule has 0 unspecified atom stereocenters. The maximum Gasteiger partial charge on any atom is 0.257 e. The van der Waals surface area contributed by atoms with Crippen molar-refractivity contribution in [2.24, 2.45) is 0 Å². The fourth-order valence-corrected chi connectivity index (χ4v) is 6.05. The number of benzene rings is 3. The molecular formula is C33H33F5N2O6. The highest BCUT2D eigenvalue weighted by molar-refractivity contribution is 5.94. The molecule has 3 aromatic carbocycles. The van der Waals surface area contributed by atoms with Gasteiger partial charge in [-0.2, -0.15) is 0 Å². The van der Waals surface area contributed by atoms with Gasteiger partial charge in [0.05, 0.1) is 32.0 Å². The second-order valence-electron chi connectivity index (χ2n) is 11.6. The molecular weight excluding hydrogens is 615 g/mol. The number of aliphatic hydroxyl groups excluding tert-OH is 1. The van der Waals surface area contributed by atoms with E-state index in [4.69, 9.17) is 18.9 Å². The van der Waals surface area contributed by atoms with E-state index < -0.39 is 52.6 Å². The molecule has 3 heterocycles. The molecule has 6 rings (SSSR count). The van der Waals surface area contributed by atoms with Crippen LogP contribution in [0.5, 0.6) is 0 Å². The summed E-state index contributed by atoms with van der Waals surface area (Å²) in [4.78, 5) is 14.7. The molecule has 0 aliphatic carbocycles. The van der Waals surface area contributed by atoms with Crippen LogP contribution in [0.25, 0.3) is 0 Å². The van der Waals surface area contributed by atoms with Crippen LogP contribution < -0.4 is 5.32 Å². The third kappa shape index (κ3) is 6.80. The van der Waals surface area contributed by atoms with Crippen molar-refractivity contribution >= 4 is 5.91 Å². The second kappa shape index (κ2) is 13.7. The van der Waals surface area contributed by atoms with Gasteiger partial charge in [-0.25, -0.2) is 22.0 Å². The molecule has 3 saturated heterocycles. The number of nitrogens with zero attached hydrogens (tertiary/aromatic N) is 1. The van der Waals surface area contributed by atoms with E-state index in [1.807, 2.05) is 24.3 Å². The van der Waals surface area contributed by atoms with Crippen LogP contribution in [-0.2, 0) is 32.1 Å². The monoisotopic (exact) mass is 648 g/mol. The van der Waals surface area contributed by atoms with Gasteiger partial charge >= 0.3 is 0 Å². The first-order chi connectivity index (χ1) is 22.2. The number of likely N-dealkylation sites (tertiary alicyclic amines) is 1. The van der Waals surface area contributed by atoms with Crippen molar-refractivity contribution in [3.8, 4) is 0 Å². The highest BCUT2D eigenvalue weighted by atomic mass is 19.2. The number of carbonyl (C=O) groups is 1. The predicted octanol–water partition coefficient (Wildman–Crippen LogP) is 5.19. The molecule has 3 aliphatic heterocycles. The van der Waals surface area contributed by atoms with E-state index in [-0.39, 0.29) is 25.4 Å². The standard InChI is InChI=1S/C33H33F5N2O6/c34-26-25(27(35)29(37)30(38)28(26)36)31(42)39-16-19-1-7-22(8-2-19)32-45-23(15-24(46-32)21-5-3-20(18-41)4-6-21)17-40-11-9-33(10-12-40)43-13-14-44-33/h1-8,23-24,32,41H,9-18H2,(H,39,42)/t23-,24+,32+/m0/s1. The lowest BCUT2D eigenvalue weighted by atomic mass is 9.98. The number of rotatable bonds is 8. The first-order valence-corrected chi connectivity index (χ1v) is 15.1. The molecule has 246 valence electrons. The van der Waals surface area contributed by atoms with E-state index in [1.165, 1.54) is 0 Å². The second-order valence-corrected chi connectivity index (χ2v) is 11.6. The molecule has 0 bridgehead atoms. The average molecular weight is 649 g/mol. The molecule has 1 amide bonds. The molecule has 46 heavy (non-hydrogen) atoms. The van der Waals surface area contributed by atoms with Crippen molar-refractivity contribution in [2.75, 3.05) is 32.8 Å². The first kappa shape index (κ1) is 32.5. The summed E-state index contributed by atoms with van der Waals surface area (Å²) in [6.45, 7) is 3.17. The van der Waals surface area contributed by atoms with Gasteiger partial charge in [0, 0.05) is 51.0 Å². The zero-order valence-corrected chi connectivity index (χ0v) is 24.7. The van der Waals surface area contributed by atoms with Crippen molar-refractivity contribution in [2.45, 2.75) is 56.7 Å². The van der Waals surface area contributed by atoms with Gasteiger partial charge in [-0.1, -0.05) is 48.5 Å². The summed E-state index contributed by atoms with van der Waals surface area (Å²) in [7, 11) is 0. The Balaban J connectivity index is 1.13. The molecule has 8 nitrogen and oxygen atoms in total. The summed E-state index contributed by atoms with van der Waals surface area (Å²) in [5.41, 5.74) is 1.36. The first-order valence-electron chi connectivity index (χ1n) is 15.1. The minimum Gasteiger partial charge on any atom is -0.392 e. The van der Waals surface area contributed by atoms with Crippen LogP contribution in [0, 0.1) is 29.1 Å². The molecule has 1 spiro atoms. The summed E-state index contributed by atoms with van der Waals surface area (Å²) >= 11 is 0. The van der Waals surface area contributed by atoms with Crippen LogP contribution in [0.1, 0.15) is 64.3 Å². The topological polar surface area (TPSA) is 89.5 Å². The number of halogens is 5. The fraction of sp³-hybridized carbons (Fsp3) is 0.424. The highest BCUT2D eigenvalue weighted by Gasteiger charge is 2.41. The summed E-state index contributed by atoms with van der Waals surface area (Å²) in [6, 6.07) is 14.3. The van der Waals surface area contributed by atoms with Gasteiger partial charge < -0.3 is 34.3 Å². The van der Waals surface area contributed by atoms with E-state index in [0.717, 1.165) is 37.1 Å². The Morgan fingerprint density at radius 1 is 0.804 bits per heavy atom. The summed E-state index contributed by atoms with van der Waals surface area (Å²) in [5, 5.41) is 11.7. The quantitative estimate of drug-likeness (QED) is 0.198. The summed E-state index contributed by atoms with van der Waals surface area (Å²) in [5.74, 6) is -13.0. The van der Waals surface area contributed by atoms with Crippen molar-refractivity contribution in [1.29, 1.82) is 0 Å². The molecule has 3 fully saturated rings. The third-order valence-corrected chi connectivity index (χ3v) is 8.65. The van der Waals surface area contributed by atoms with Gasteiger partial charge in [0.25, 0.3) is 5.91 Å². The van der Waals surface area contributed by atoms with Crippen LogP contribution in [0.15, 0.2) is 48.5 Å². The molecule has 2 N–H and O–H groups in total. The Kier molecular flexibility index (Phi) is 9.69. The molecule has 0 saturated carbocycles. The van der Waals surface area contributed by atoms with Gasteiger partial charge in [-0.3, -0.25) is 4.79 Å². The van der Waals surface area contributed by atoms with E-state index in [0.29, 0.717) is 37.3 Å². The van der Waals surface area contributed by atoms with E-state index in [2.05, 4.69) is 10.2 Å². The summed E-state index contributed by atoms with van der Waals surface area (Å²) < 4.78 is 93.1. The van der Waals surface area contributed by atoms with Gasteiger partial charge in [0.15, 0.2) is 35.3 Å². The highest BCUT2D eigenvalue weighted by Crippen LogP contribution is 2.39. The van der Waals surface area contributed by atoms with Crippen molar-refractivity contribution < 1.29 is 50.8 Å². The molecule has 0 radical (unpaired) electrons. The van der Waals surface area contributed by atoms with Gasteiger partial charge in [-0.05, 0) is 16.7 Å². The third-order valence-electron chi connectivity index (χ3n) is 8.65.